The molecule has 154 valence electrons. The molecule has 1 aromatic heterocycles. The zero-order valence-electron chi connectivity index (χ0n) is 15.9. The van der Waals surface area contributed by atoms with E-state index >= 15 is 0 Å². The Balaban J connectivity index is 1.81. The molecule has 3 aromatic rings. The standard InChI is InChI=1S/C20H13N5O6/c21-23-22-4-1-5-24-18-12-7-15-16(31-9-30-15)8-13(12)19(26)17(18)11-3-2-10(25(28)29)6-14(11)20(24)27/h2-3,6-8H,1,4-5,9H2. The fraction of sp³-hybridized carbons (Fsp3) is 0.200. The molecule has 0 atom stereocenters. The molecule has 0 fully saturated rings. The monoisotopic (exact) mass is 419 g/mol. The molecule has 31 heavy (non-hydrogen) atoms. The summed E-state index contributed by atoms with van der Waals surface area (Å²) in [5.74, 6) is 0.610. The van der Waals surface area contributed by atoms with Gasteiger partial charge in [0.2, 0.25) is 6.79 Å². The van der Waals surface area contributed by atoms with Gasteiger partial charge in [-0.25, -0.2) is 0 Å². The number of aromatic nitrogens is 1. The lowest BCUT2D eigenvalue weighted by molar-refractivity contribution is -0.384. The Kier molecular flexibility index (Phi) is 4.12. The highest BCUT2D eigenvalue weighted by Gasteiger charge is 2.35. The molecule has 0 saturated carbocycles. The molecule has 0 N–H and O–H groups in total. The molecule has 2 aromatic carbocycles. The normalized spacial score (nSPS) is 13.1. The van der Waals surface area contributed by atoms with Crippen molar-refractivity contribution in [1.29, 1.82) is 0 Å². The Morgan fingerprint density at radius 3 is 2.58 bits per heavy atom. The third kappa shape index (κ3) is 2.71. The highest BCUT2D eigenvalue weighted by molar-refractivity contribution is 6.27. The Hall–Kier alpha value is -4.37. The second-order valence-electron chi connectivity index (χ2n) is 7.06. The van der Waals surface area contributed by atoms with Crippen molar-refractivity contribution in [2.75, 3.05) is 13.3 Å². The van der Waals surface area contributed by atoms with Crippen molar-refractivity contribution in [1.82, 2.24) is 4.57 Å². The third-order valence-electron chi connectivity index (χ3n) is 5.41. The van der Waals surface area contributed by atoms with Crippen molar-refractivity contribution >= 4 is 22.2 Å². The van der Waals surface area contributed by atoms with Crippen molar-refractivity contribution in [2.45, 2.75) is 13.0 Å². The number of fused-ring (bicyclic) bond motifs is 6. The van der Waals surface area contributed by atoms with Crippen molar-refractivity contribution in [2.24, 2.45) is 5.11 Å². The van der Waals surface area contributed by atoms with Crippen LogP contribution in [0.3, 0.4) is 0 Å². The number of nitro groups is 1. The van der Waals surface area contributed by atoms with Crippen LogP contribution in [-0.2, 0) is 6.54 Å². The maximum Gasteiger partial charge on any atom is 0.270 e. The van der Waals surface area contributed by atoms with Crippen molar-refractivity contribution in [3.8, 4) is 22.8 Å². The number of carbonyl (C=O) groups is 1. The molecular formula is C20H13N5O6. The molecule has 0 unspecified atom stereocenters. The van der Waals surface area contributed by atoms with E-state index in [1.54, 1.807) is 12.1 Å². The van der Waals surface area contributed by atoms with Crippen molar-refractivity contribution < 1.29 is 19.2 Å². The number of ketones is 1. The minimum absolute atomic E-state index is 0.0413. The molecule has 0 amide bonds. The zero-order chi connectivity index (χ0) is 21.7. The lowest BCUT2D eigenvalue weighted by atomic mass is 10.0. The average Bonchev–Trinajstić information content (AvgIpc) is 3.33. The van der Waals surface area contributed by atoms with Gasteiger partial charge in [-0.2, -0.15) is 0 Å². The van der Waals surface area contributed by atoms with Crippen LogP contribution in [0, 0.1) is 10.1 Å². The number of carbonyl (C=O) groups excluding carboxylic acids is 1. The van der Waals surface area contributed by atoms with Crippen LogP contribution >= 0.6 is 0 Å². The van der Waals surface area contributed by atoms with Gasteiger partial charge in [0, 0.05) is 46.6 Å². The van der Waals surface area contributed by atoms with Crippen LogP contribution in [0.15, 0.2) is 40.2 Å². The minimum atomic E-state index is -0.589. The van der Waals surface area contributed by atoms with E-state index in [0.717, 1.165) is 0 Å². The van der Waals surface area contributed by atoms with E-state index in [1.807, 2.05) is 0 Å². The Labute approximate surface area is 173 Å². The van der Waals surface area contributed by atoms with Crippen LogP contribution in [0.2, 0.25) is 0 Å². The number of nitro benzene ring substituents is 1. The van der Waals surface area contributed by atoms with E-state index in [4.69, 9.17) is 15.0 Å². The summed E-state index contributed by atoms with van der Waals surface area (Å²) in [7, 11) is 0. The van der Waals surface area contributed by atoms with Gasteiger partial charge in [-0.1, -0.05) is 5.11 Å². The van der Waals surface area contributed by atoms with Crippen LogP contribution in [0.5, 0.6) is 11.5 Å². The molecule has 0 radical (unpaired) electrons. The zero-order valence-corrected chi connectivity index (χ0v) is 15.9. The fourth-order valence-electron chi connectivity index (χ4n) is 4.08. The predicted octanol–water partition coefficient (Wildman–Crippen LogP) is 3.55. The van der Waals surface area contributed by atoms with Crippen LogP contribution in [-0.4, -0.2) is 28.6 Å². The number of non-ortho nitro benzene ring substituents is 1. The summed E-state index contributed by atoms with van der Waals surface area (Å²) >= 11 is 0. The van der Waals surface area contributed by atoms with Gasteiger partial charge in [0.1, 0.15) is 0 Å². The number of hydrogen-bond donors (Lipinski definition) is 0. The number of nitrogens with zero attached hydrogens (tertiary/aromatic N) is 5. The lowest BCUT2D eigenvalue weighted by Gasteiger charge is -2.14. The first-order chi connectivity index (χ1) is 15.0. The molecule has 1 aliphatic heterocycles. The molecule has 2 heterocycles. The van der Waals surface area contributed by atoms with E-state index in [2.05, 4.69) is 10.0 Å². The molecule has 2 aliphatic rings. The quantitative estimate of drug-likeness (QED) is 0.121. The van der Waals surface area contributed by atoms with Gasteiger partial charge in [-0.3, -0.25) is 19.7 Å². The summed E-state index contributed by atoms with van der Waals surface area (Å²) in [6, 6.07) is 7.15. The smallest absolute Gasteiger partial charge is 0.270 e. The first-order valence-electron chi connectivity index (χ1n) is 9.36. The highest BCUT2D eigenvalue weighted by Crippen LogP contribution is 2.46. The average molecular weight is 419 g/mol. The van der Waals surface area contributed by atoms with Crippen molar-refractivity contribution in [3.63, 3.8) is 0 Å². The van der Waals surface area contributed by atoms with Gasteiger partial charge in [-0.15, -0.1) is 0 Å². The summed E-state index contributed by atoms with van der Waals surface area (Å²) in [5.41, 5.74) is 9.43. The second-order valence-corrected chi connectivity index (χ2v) is 7.06. The van der Waals surface area contributed by atoms with E-state index in [1.165, 1.54) is 22.8 Å². The first kappa shape index (κ1) is 18.6. The number of pyridine rings is 1. The second kappa shape index (κ2) is 6.85. The number of azide groups is 1. The molecular weight excluding hydrogens is 406 g/mol. The summed E-state index contributed by atoms with van der Waals surface area (Å²) in [4.78, 5) is 40.0. The first-order valence-corrected chi connectivity index (χ1v) is 9.36. The number of rotatable bonds is 5. The van der Waals surface area contributed by atoms with Crippen molar-refractivity contribution in [3.05, 3.63) is 72.4 Å². The van der Waals surface area contributed by atoms with Gasteiger partial charge >= 0.3 is 0 Å². The summed E-state index contributed by atoms with van der Waals surface area (Å²) < 4.78 is 12.2. The van der Waals surface area contributed by atoms with Gasteiger partial charge in [0.05, 0.1) is 21.6 Å². The van der Waals surface area contributed by atoms with Crippen LogP contribution < -0.4 is 15.0 Å². The van der Waals surface area contributed by atoms with Gasteiger partial charge < -0.3 is 14.0 Å². The third-order valence-corrected chi connectivity index (χ3v) is 5.41. The van der Waals surface area contributed by atoms with E-state index < -0.39 is 10.5 Å². The molecule has 0 saturated heterocycles. The molecule has 0 spiro atoms. The number of benzene rings is 2. The van der Waals surface area contributed by atoms with Crippen LogP contribution in [0.1, 0.15) is 22.3 Å². The molecule has 1 aliphatic carbocycles. The van der Waals surface area contributed by atoms with E-state index in [-0.39, 0.29) is 36.7 Å². The lowest BCUT2D eigenvalue weighted by Crippen LogP contribution is -2.24. The molecule has 0 bridgehead atoms. The number of hydrogen-bond acceptors (Lipinski definition) is 7. The molecule has 5 rings (SSSR count). The topological polar surface area (TPSA) is 149 Å². The summed E-state index contributed by atoms with van der Waals surface area (Å²) in [5, 5.41) is 15.1. The van der Waals surface area contributed by atoms with E-state index in [9.17, 15) is 19.7 Å². The Morgan fingerprint density at radius 1 is 1.13 bits per heavy atom. The van der Waals surface area contributed by atoms with Crippen LogP contribution in [0.4, 0.5) is 5.69 Å². The maximum atomic E-state index is 13.3. The fourth-order valence-corrected chi connectivity index (χ4v) is 4.08. The largest absolute Gasteiger partial charge is 0.454 e. The minimum Gasteiger partial charge on any atom is -0.454 e. The SMILES string of the molecule is [N-]=[N+]=NCCCn1c2c(c3ccc([N+](=O)[O-])cc3c1=O)C(=O)c1cc3c(cc1-2)OCO3. The van der Waals surface area contributed by atoms with E-state index in [0.29, 0.717) is 45.7 Å². The summed E-state index contributed by atoms with van der Waals surface area (Å²) in [6.07, 6.45) is 0.352. The van der Waals surface area contributed by atoms with Gasteiger partial charge in [-0.05, 0) is 30.2 Å². The van der Waals surface area contributed by atoms with Gasteiger partial charge in [0.25, 0.3) is 11.2 Å². The Bertz CT molecular complexity index is 1420. The molecule has 11 nitrogen and oxygen atoms in total. The molecule has 11 heteroatoms. The Morgan fingerprint density at radius 2 is 1.87 bits per heavy atom. The highest BCUT2D eigenvalue weighted by atomic mass is 16.7. The number of ether oxygens (including phenoxy) is 2. The van der Waals surface area contributed by atoms with Crippen LogP contribution in [0.25, 0.3) is 32.5 Å². The maximum absolute atomic E-state index is 13.3. The van der Waals surface area contributed by atoms with Gasteiger partial charge in [0.15, 0.2) is 17.3 Å². The predicted molar refractivity (Wildman–Crippen MR) is 108 cm³/mol. The summed E-state index contributed by atoms with van der Waals surface area (Å²) in [6.45, 7) is 0.367.